The second kappa shape index (κ2) is 5.52. The van der Waals surface area contributed by atoms with E-state index in [0.717, 1.165) is 11.3 Å². The van der Waals surface area contributed by atoms with Gasteiger partial charge in [0.05, 0.1) is 11.3 Å². The monoisotopic (exact) mass is 270 g/mol. The lowest BCUT2D eigenvalue weighted by atomic mass is 10.1. The van der Waals surface area contributed by atoms with Gasteiger partial charge < -0.3 is 0 Å². The van der Waals surface area contributed by atoms with E-state index in [9.17, 15) is 8.42 Å². The third-order valence-corrected chi connectivity index (χ3v) is 4.30. The van der Waals surface area contributed by atoms with Crippen LogP contribution in [0.4, 0.5) is 0 Å². The highest BCUT2D eigenvalue weighted by Crippen LogP contribution is 2.23. The zero-order chi connectivity index (χ0) is 13.1. The molecule has 0 radical (unpaired) electrons. The number of rotatable bonds is 4. The van der Waals surface area contributed by atoms with Gasteiger partial charge in [-0.2, -0.15) is 5.26 Å². The first-order valence-electron chi connectivity index (χ1n) is 5.02. The lowest BCUT2D eigenvalue weighted by Crippen LogP contribution is -2.06. The number of aryl methyl sites for hydroxylation is 2. The molecule has 0 fully saturated rings. The molecule has 1 rings (SSSR count). The molecule has 0 N–H and O–H groups in total. The predicted molar refractivity (Wildman–Crippen MR) is 68.9 cm³/mol. The van der Waals surface area contributed by atoms with E-state index in [1.807, 2.05) is 19.9 Å². The molecule has 1 heterocycles. The van der Waals surface area contributed by atoms with Crippen molar-refractivity contribution in [2.75, 3.05) is 17.8 Å². The summed E-state index contributed by atoms with van der Waals surface area (Å²) < 4.78 is 22.0. The van der Waals surface area contributed by atoms with E-state index < -0.39 is 9.84 Å². The highest BCUT2D eigenvalue weighted by Gasteiger charge is 2.10. The van der Waals surface area contributed by atoms with Crippen molar-refractivity contribution in [1.82, 2.24) is 4.98 Å². The zero-order valence-electron chi connectivity index (χ0n) is 10.0. The second-order valence-electron chi connectivity index (χ2n) is 3.85. The molecule has 92 valence electrons. The Hall–Kier alpha value is -1.06. The minimum absolute atomic E-state index is 0.0944. The number of pyridine rings is 1. The number of aromatic nitrogens is 1. The van der Waals surface area contributed by atoms with E-state index in [-0.39, 0.29) is 5.75 Å². The molecule has 4 nitrogen and oxygen atoms in total. The molecule has 17 heavy (non-hydrogen) atoms. The van der Waals surface area contributed by atoms with E-state index in [0.29, 0.717) is 16.3 Å². The highest BCUT2D eigenvalue weighted by atomic mass is 32.2. The topological polar surface area (TPSA) is 70.8 Å². The van der Waals surface area contributed by atoms with Gasteiger partial charge in [-0.25, -0.2) is 13.4 Å². The van der Waals surface area contributed by atoms with Crippen LogP contribution >= 0.6 is 11.8 Å². The Kier molecular flexibility index (Phi) is 4.54. The van der Waals surface area contributed by atoms with Crippen LogP contribution in [0.15, 0.2) is 11.1 Å². The van der Waals surface area contributed by atoms with Crippen molar-refractivity contribution in [3.05, 3.63) is 22.9 Å². The van der Waals surface area contributed by atoms with Crippen molar-refractivity contribution in [2.24, 2.45) is 0 Å². The lowest BCUT2D eigenvalue weighted by molar-refractivity contribution is 0.603. The van der Waals surface area contributed by atoms with Crippen LogP contribution in [0.3, 0.4) is 0 Å². The number of hydrogen-bond acceptors (Lipinski definition) is 5. The minimum atomic E-state index is -2.97. The molecule has 0 unspecified atom stereocenters. The standard InChI is InChI=1S/C11H14N2O2S2/c1-8-6-9(2)13-11(10(8)7-12)16-4-5-17(3,14)15/h6H,4-5H2,1-3H3. The van der Waals surface area contributed by atoms with Gasteiger partial charge in [-0.05, 0) is 25.5 Å². The van der Waals surface area contributed by atoms with Crippen molar-refractivity contribution in [1.29, 1.82) is 5.26 Å². The maximum Gasteiger partial charge on any atom is 0.148 e. The average molecular weight is 270 g/mol. The van der Waals surface area contributed by atoms with Crippen molar-refractivity contribution in [3.63, 3.8) is 0 Å². The molecular weight excluding hydrogens is 256 g/mol. The maximum atomic E-state index is 11.0. The Bertz CT molecular complexity index is 560. The first-order chi connectivity index (χ1) is 7.83. The molecule has 0 aliphatic rings. The summed E-state index contributed by atoms with van der Waals surface area (Å²) >= 11 is 1.31. The van der Waals surface area contributed by atoms with Crippen LogP contribution in [0.2, 0.25) is 0 Å². The largest absolute Gasteiger partial charge is 0.245 e. The van der Waals surface area contributed by atoms with Gasteiger partial charge in [-0.3, -0.25) is 0 Å². The van der Waals surface area contributed by atoms with Gasteiger partial charge >= 0.3 is 0 Å². The quantitative estimate of drug-likeness (QED) is 0.779. The second-order valence-corrected chi connectivity index (χ2v) is 7.19. The normalized spacial score (nSPS) is 11.2. The molecular formula is C11H14N2O2S2. The molecule has 0 saturated carbocycles. The Labute approximate surface area is 106 Å². The fraction of sp³-hybridized carbons (Fsp3) is 0.455. The summed E-state index contributed by atoms with van der Waals surface area (Å²) in [6.45, 7) is 3.71. The molecule has 0 saturated heterocycles. The van der Waals surface area contributed by atoms with Crippen LogP contribution in [0.5, 0.6) is 0 Å². The number of sulfone groups is 1. The number of nitriles is 1. The fourth-order valence-electron chi connectivity index (χ4n) is 1.33. The molecule has 0 aliphatic heterocycles. The summed E-state index contributed by atoms with van der Waals surface area (Å²) in [7, 11) is -2.97. The van der Waals surface area contributed by atoms with Crippen molar-refractivity contribution >= 4 is 21.6 Å². The van der Waals surface area contributed by atoms with E-state index in [1.165, 1.54) is 18.0 Å². The third kappa shape index (κ3) is 4.36. The summed E-state index contributed by atoms with van der Waals surface area (Å²) in [4.78, 5) is 4.27. The molecule has 0 aromatic carbocycles. The fourth-order valence-corrected chi connectivity index (χ4v) is 3.63. The summed E-state index contributed by atoms with van der Waals surface area (Å²) in [6, 6.07) is 3.95. The Balaban J connectivity index is 2.88. The van der Waals surface area contributed by atoms with Gasteiger partial charge in [0.15, 0.2) is 0 Å². The van der Waals surface area contributed by atoms with Crippen LogP contribution in [0, 0.1) is 25.2 Å². The van der Waals surface area contributed by atoms with E-state index in [4.69, 9.17) is 5.26 Å². The van der Waals surface area contributed by atoms with Crippen LogP contribution < -0.4 is 0 Å². The summed E-state index contributed by atoms with van der Waals surface area (Å²) in [5, 5.41) is 9.65. The molecule has 0 spiro atoms. The molecule has 0 amide bonds. The minimum Gasteiger partial charge on any atom is -0.245 e. The average Bonchev–Trinajstić information content (AvgIpc) is 2.14. The van der Waals surface area contributed by atoms with Gasteiger partial charge in [0, 0.05) is 17.7 Å². The number of hydrogen-bond donors (Lipinski definition) is 0. The van der Waals surface area contributed by atoms with E-state index in [1.54, 1.807) is 0 Å². The molecule has 0 aliphatic carbocycles. The van der Waals surface area contributed by atoms with Gasteiger partial charge in [-0.15, -0.1) is 11.8 Å². The Morgan fingerprint density at radius 1 is 1.47 bits per heavy atom. The first kappa shape index (κ1) is 14.0. The number of thioether (sulfide) groups is 1. The van der Waals surface area contributed by atoms with Gasteiger partial charge in [0.1, 0.15) is 20.9 Å². The Morgan fingerprint density at radius 2 is 2.12 bits per heavy atom. The summed E-state index contributed by atoms with van der Waals surface area (Å²) in [5.74, 6) is 0.514. The predicted octanol–water partition coefficient (Wildman–Crippen LogP) is 1.71. The van der Waals surface area contributed by atoms with E-state index >= 15 is 0 Å². The smallest absolute Gasteiger partial charge is 0.148 e. The van der Waals surface area contributed by atoms with Gasteiger partial charge in [0.25, 0.3) is 0 Å². The molecule has 6 heteroatoms. The maximum absolute atomic E-state index is 11.0. The molecule has 0 bridgehead atoms. The summed E-state index contributed by atoms with van der Waals surface area (Å²) in [6.07, 6.45) is 1.20. The van der Waals surface area contributed by atoms with Crippen molar-refractivity contribution in [3.8, 4) is 6.07 Å². The van der Waals surface area contributed by atoms with Crippen LogP contribution in [-0.2, 0) is 9.84 Å². The SMILES string of the molecule is Cc1cc(C)c(C#N)c(SCCS(C)(=O)=O)n1. The first-order valence-corrected chi connectivity index (χ1v) is 8.07. The van der Waals surface area contributed by atoms with Crippen LogP contribution in [0.25, 0.3) is 0 Å². The Morgan fingerprint density at radius 3 is 2.65 bits per heavy atom. The lowest BCUT2D eigenvalue weighted by Gasteiger charge is -2.06. The molecule has 1 aromatic rings. The van der Waals surface area contributed by atoms with E-state index in [2.05, 4.69) is 11.1 Å². The molecule has 0 atom stereocenters. The van der Waals surface area contributed by atoms with Crippen molar-refractivity contribution in [2.45, 2.75) is 18.9 Å². The summed E-state index contributed by atoms with van der Waals surface area (Å²) in [5.41, 5.74) is 2.25. The number of nitrogens with zero attached hydrogens (tertiary/aromatic N) is 2. The van der Waals surface area contributed by atoms with Crippen molar-refractivity contribution < 1.29 is 8.42 Å². The third-order valence-electron chi connectivity index (χ3n) is 2.12. The highest BCUT2D eigenvalue weighted by molar-refractivity contribution is 8.00. The van der Waals surface area contributed by atoms with Gasteiger partial charge in [0.2, 0.25) is 0 Å². The van der Waals surface area contributed by atoms with Crippen LogP contribution in [0.1, 0.15) is 16.8 Å². The van der Waals surface area contributed by atoms with Gasteiger partial charge in [-0.1, -0.05) is 0 Å². The van der Waals surface area contributed by atoms with Crippen LogP contribution in [-0.4, -0.2) is 31.2 Å². The zero-order valence-corrected chi connectivity index (χ0v) is 11.7. The molecule has 1 aromatic heterocycles.